The molecule has 1 aromatic rings. The Kier molecular flexibility index (Phi) is 4.82. The van der Waals surface area contributed by atoms with Crippen LogP contribution in [-0.4, -0.2) is 29.2 Å². The minimum atomic E-state index is -0.151. The Labute approximate surface area is 118 Å². The van der Waals surface area contributed by atoms with Crippen molar-refractivity contribution in [3.8, 4) is 0 Å². The van der Waals surface area contributed by atoms with Gasteiger partial charge in [0.25, 0.3) is 0 Å². The number of benzene rings is 1. The van der Waals surface area contributed by atoms with Crippen molar-refractivity contribution in [2.75, 3.05) is 13.1 Å². The number of hydrogen-bond donors (Lipinski definition) is 1. The second-order valence-electron chi connectivity index (χ2n) is 5.42. The van der Waals surface area contributed by atoms with E-state index in [1.165, 1.54) is 11.1 Å². The summed E-state index contributed by atoms with van der Waals surface area (Å²) in [6, 6.07) is 6.50. The van der Waals surface area contributed by atoms with E-state index in [0.717, 1.165) is 36.9 Å². The summed E-state index contributed by atoms with van der Waals surface area (Å²) in [4.78, 5) is 2.50. The lowest BCUT2D eigenvalue weighted by Crippen LogP contribution is -2.36. The summed E-state index contributed by atoms with van der Waals surface area (Å²) in [6.45, 7) is 7.32. The average Bonchev–Trinajstić information content (AvgIpc) is 2.33. The van der Waals surface area contributed by atoms with Crippen LogP contribution in [0.15, 0.2) is 22.7 Å². The van der Waals surface area contributed by atoms with Gasteiger partial charge in [0.05, 0.1) is 6.10 Å². The van der Waals surface area contributed by atoms with E-state index in [0.29, 0.717) is 5.92 Å². The molecule has 2 nitrogen and oxygen atoms in total. The van der Waals surface area contributed by atoms with Crippen LogP contribution < -0.4 is 0 Å². The minimum absolute atomic E-state index is 0.151. The monoisotopic (exact) mass is 311 g/mol. The van der Waals surface area contributed by atoms with Gasteiger partial charge in [0.15, 0.2) is 0 Å². The zero-order valence-electron chi connectivity index (χ0n) is 11.2. The Morgan fingerprint density at radius 1 is 1.39 bits per heavy atom. The Morgan fingerprint density at radius 2 is 2.06 bits per heavy atom. The standard InChI is InChI=1S/C15H22BrNO/c1-11-9-15(16)4-3-14(11)10-17-7-5-13(6-8-17)12(2)18/h3-4,9,12-13,18H,5-8,10H2,1-2H3. The molecule has 0 spiro atoms. The van der Waals surface area contributed by atoms with Gasteiger partial charge in [-0.25, -0.2) is 0 Å². The van der Waals surface area contributed by atoms with E-state index >= 15 is 0 Å². The second kappa shape index (κ2) is 6.18. The lowest BCUT2D eigenvalue weighted by molar-refractivity contribution is 0.0695. The van der Waals surface area contributed by atoms with E-state index in [-0.39, 0.29) is 6.10 Å². The molecule has 3 heteroatoms. The van der Waals surface area contributed by atoms with E-state index in [1.54, 1.807) is 0 Å². The van der Waals surface area contributed by atoms with Crippen LogP contribution in [0.3, 0.4) is 0 Å². The molecule has 100 valence electrons. The Hall–Kier alpha value is -0.380. The first kappa shape index (κ1) is 14.0. The first-order valence-electron chi connectivity index (χ1n) is 6.71. The number of nitrogens with zero attached hydrogens (tertiary/aromatic N) is 1. The zero-order chi connectivity index (χ0) is 13.1. The molecule has 1 aliphatic heterocycles. The lowest BCUT2D eigenvalue weighted by Gasteiger charge is -2.33. The Balaban J connectivity index is 1.91. The van der Waals surface area contributed by atoms with Crippen molar-refractivity contribution < 1.29 is 5.11 Å². The first-order valence-corrected chi connectivity index (χ1v) is 7.51. The van der Waals surface area contributed by atoms with Crippen molar-refractivity contribution in [2.45, 2.75) is 39.3 Å². The largest absolute Gasteiger partial charge is 0.393 e. The van der Waals surface area contributed by atoms with Gasteiger partial charge in [0, 0.05) is 11.0 Å². The fourth-order valence-corrected chi connectivity index (χ4v) is 3.15. The Morgan fingerprint density at radius 3 is 2.61 bits per heavy atom. The zero-order valence-corrected chi connectivity index (χ0v) is 12.8. The van der Waals surface area contributed by atoms with Crippen molar-refractivity contribution in [2.24, 2.45) is 5.92 Å². The highest BCUT2D eigenvalue weighted by molar-refractivity contribution is 9.10. The second-order valence-corrected chi connectivity index (χ2v) is 6.34. The molecule has 18 heavy (non-hydrogen) atoms. The van der Waals surface area contributed by atoms with Crippen LogP contribution in [0.1, 0.15) is 30.9 Å². The molecule has 1 saturated heterocycles. The van der Waals surface area contributed by atoms with Gasteiger partial charge in [-0.2, -0.15) is 0 Å². The molecule has 0 aromatic heterocycles. The normalized spacial score (nSPS) is 20.0. The van der Waals surface area contributed by atoms with Gasteiger partial charge in [-0.3, -0.25) is 4.90 Å². The van der Waals surface area contributed by atoms with Gasteiger partial charge in [0.1, 0.15) is 0 Å². The number of hydrogen-bond acceptors (Lipinski definition) is 2. The number of aliphatic hydroxyl groups excluding tert-OH is 1. The molecular weight excluding hydrogens is 290 g/mol. The lowest BCUT2D eigenvalue weighted by atomic mass is 9.92. The van der Waals surface area contributed by atoms with Gasteiger partial charge < -0.3 is 5.11 Å². The fourth-order valence-electron chi connectivity index (χ4n) is 2.67. The predicted octanol–water partition coefficient (Wildman–Crippen LogP) is 3.35. The number of aliphatic hydroxyl groups is 1. The summed E-state index contributed by atoms with van der Waals surface area (Å²) in [5, 5.41) is 9.60. The molecule has 2 rings (SSSR count). The van der Waals surface area contributed by atoms with Crippen molar-refractivity contribution in [3.63, 3.8) is 0 Å². The molecule has 0 amide bonds. The number of likely N-dealkylation sites (tertiary alicyclic amines) is 1. The van der Waals surface area contributed by atoms with E-state index < -0.39 is 0 Å². The molecule has 0 radical (unpaired) electrons. The fraction of sp³-hybridized carbons (Fsp3) is 0.600. The van der Waals surface area contributed by atoms with E-state index in [4.69, 9.17) is 0 Å². The molecule has 1 fully saturated rings. The Bertz CT molecular complexity index is 397. The quantitative estimate of drug-likeness (QED) is 0.925. The molecular formula is C15H22BrNO. The number of rotatable bonds is 3. The van der Waals surface area contributed by atoms with Crippen LogP contribution in [0.25, 0.3) is 0 Å². The van der Waals surface area contributed by atoms with Crippen LogP contribution in [0, 0.1) is 12.8 Å². The summed E-state index contributed by atoms with van der Waals surface area (Å²) in [5.74, 6) is 0.493. The summed E-state index contributed by atoms with van der Waals surface area (Å²) in [5.41, 5.74) is 2.76. The van der Waals surface area contributed by atoms with Crippen LogP contribution in [0.4, 0.5) is 0 Å². The highest BCUT2D eigenvalue weighted by atomic mass is 79.9. The average molecular weight is 312 g/mol. The SMILES string of the molecule is Cc1cc(Br)ccc1CN1CCC(C(C)O)CC1. The maximum atomic E-state index is 9.60. The molecule has 1 aromatic carbocycles. The third-order valence-corrected chi connectivity index (χ3v) is 4.51. The molecule has 1 aliphatic rings. The molecule has 1 unspecified atom stereocenters. The molecule has 1 N–H and O–H groups in total. The van der Waals surface area contributed by atoms with Gasteiger partial charge in [0.2, 0.25) is 0 Å². The highest BCUT2D eigenvalue weighted by Gasteiger charge is 2.22. The number of halogens is 1. The third-order valence-electron chi connectivity index (χ3n) is 4.01. The van der Waals surface area contributed by atoms with Crippen molar-refractivity contribution in [1.29, 1.82) is 0 Å². The topological polar surface area (TPSA) is 23.5 Å². The molecule has 0 saturated carbocycles. The summed E-state index contributed by atoms with van der Waals surface area (Å²) in [6.07, 6.45) is 2.09. The minimum Gasteiger partial charge on any atom is -0.393 e. The van der Waals surface area contributed by atoms with E-state index in [2.05, 4.69) is 46.0 Å². The first-order chi connectivity index (χ1) is 8.56. The van der Waals surface area contributed by atoms with Crippen LogP contribution in [-0.2, 0) is 6.54 Å². The predicted molar refractivity (Wildman–Crippen MR) is 78.6 cm³/mol. The van der Waals surface area contributed by atoms with Gasteiger partial charge in [-0.05, 0) is 69.0 Å². The summed E-state index contributed by atoms with van der Waals surface area (Å²) < 4.78 is 1.15. The maximum Gasteiger partial charge on any atom is 0.0541 e. The van der Waals surface area contributed by atoms with Gasteiger partial charge in [-0.1, -0.05) is 22.0 Å². The smallest absolute Gasteiger partial charge is 0.0541 e. The van der Waals surface area contributed by atoms with Crippen LogP contribution in [0.5, 0.6) is 0 Å². The highest BCUT2D eigenvalue weighted by Crippen LogP contribution is 2.23. The van der Waals surface area contributed by atoms with Crippen molar-refractivity contribution in [3.05, 3.63) is 33.8 Å². The summed E-state index contributed by atoms with van der Waals surface area (Å²) >= 11 is 3.50. The number of aryl methyl sites for hydroxylation is 1. The molecule has 1 atom stereocenters. The maximum absolute atomic E-state index is 9.60. The van der Waals surface area contributed by atoms with Crippen LogP contribution >= 0.6 is 15.9 Å². The van der Waals surface area contributed by atoms with Crippen molar-refractivity contribution >= 4 is 15.9 Å². The number of piperidine rings is 1. The van der Waals surface area contributed by atoms with Gasteiger partial charge >= 0.3 is 0 Å². The van der Waals surface area contributed by atoms with E-state index in [1.807, 2.05) is 6.92 Å². The summed E-state index contributed by atoms with van der Waals surface area (Å²) in [7, 11) is 0. The van der Waals surface area contributed by atoms with E-state index in [9.17, 15) is 5.11 Å². The van der Waals surface area contributed by atoms with Crippen molar-refractivity contribution in [1.82, 2.24) is 4.90 Å². The molecule has 1 heterocycles. The third kappa shape index (κ3) is 3.56. The molecule has 0 bridgehead atoms. The molecule has 0 aliphatic carbocycles. The van der Waals surface area contributed by atoms with Crippen LogP contribution in [0.2, 0.25) is 0 Å². The van der Waals surface area contributed by atoms with Gasteiger partial charge in [-0.15, -0.1) is 0 Å².